The Kier molecular flexibility index (Phi) is 14.0. The van der Waals surface area contributed by atoms with Crippen LogP contribution in [0, 0.1) is 0 Å². The van der Waals surface area contributed by atoms with Crippen molar-refractivity contribution in [2.45, 2.75) is 88.7 Å². The zero-order valence-electron chi connectivity index (χ0n) is 32.0. The van der Waals surface area contributed by atoms with E-state index >= 15 is 0 Å². The van der Waals surface area contributed by atoms with Gasteiger partial charge in [-0.05, 0) is 89.3 Å². The first kappa shape index (κ1) is 45.4. The molecule has 56 heavy (non-hydrogen) atoms. The summed E-state index contributed by atoms with van der Waals surface area (Å²) >= 11 is 0. The SMILES string of the molecule is CC(C)OCc1cc2c(c(S(=O)(=O)O)c1)[N+](CCCS(=O)(=O)O)=C(C=CC=CC=C1N(CCCS(=O)(=O)O)c3ccccc3C1(C)CCCS(=O)(=O)O)C2(C)C. The Balaban J connectivity index is 1.80. The molecule has 1 unspecified atom stereocenters. The Morgan fingerprint density at radius 2 is 1.39 bits per heavy atom. The van der Waals surface area contributed by atoms with Crippen LogP contribution < -0.4 is 4.90 Å². The summed E-state index contributed by atoms with van der Waals surface area (Å²) in [7, 11) is -17.6. The second-order valence-corrected chi connectivity index (χ2v) is 21.1. The Morgan fingerprint density at radius 3 is 2.00 bits per heavy atom. The van der Waals surface area contributed by atoms with Crippen molar-refractivity contribution in [3.05, 3.63) is 89.2 Å². The second kappa shape index (κ2) is 17.3. The average Bonchev–Trinajstić information content (AvgIpc) is 3.40. The molecule has 4 N–H and O–H groups in total. The topological polar surface area (TPSA) is 233 Å². The van der Waals surface area contributed by atoms with Crippen LogP contribution in [0.2, 0.25) is 0 Å². The molecule has 0 fully saturated rings. The van der Waals surface area contributed by atoms with E-state index in [4.69, 9.17) is 4.74 Å². The number of para-hydroxylation sites is 1. The normalized spacial score (nSPS) is 19.6. The van der Waals surface area contributed by atoms with Crippen molar-refractivity contribution in [2.24, 2.45) is 0 Å². The van der Waals surface area contributed by atoms with Crippen LogP contribution in [0.1, 0.15) is 77.0 Å². The maximum absolute atomic E-state index is 12.8. The van der Waals surface area contributed by atoms with Gasteiger partial charge in [0.05, 0.1) is 35.4 Å². The molecule has 0 spiro atoms. The number of hydrogen-bond acceptors (Lipinski definition) is 10. The van der Waals surface area contributed by atoms with Gasteiger partial charge in [-0.3, -0.25) is 18.2 Å². The number of fused-ring (bicyclic) bond motifs is 2. The molecule has 310 valence electrons. The molecule has 2 heterocycles. The molecule has 2 aromatic carbocycles. The summed E-state index contributed by atoms with van der Waals surface area (Å²) in [6, 6.07) is 10.5. The number of benzene rings is 2. The fourth-order valence-corrected chi connectivity index (χ4v) is 9.65. The highest BCUT2D eigenvalue weighted by molar-refractivity contribution is 7.86. The third-order valence-corrected chi connectivity index (χ3v) is 13.2. The molecule has 0 saturated heterocycles. The average molecular weight is 860 g/mol. The van der Waals surface area contributed by atoms with Crippen LogP contribution in [0.3, 0.4) is 0 Å². The minimum Gasteiger partial charge on any atom is -0.374 e. The summed E-state index contributed by atoms with van der Waals surface area (Å²) < 4.78 is 141. The van der Waals surface area contributed by atoms with E-state index in [1.165, 1.54) is 6.07 Å². The molecule has 0 aromatic heterocycles. The third-order valence-electron chi connectivity index (χ3n) is 9.89. The molecule has 0 amide bonds. The molecule has 0 radical (unpaired) electrons. The lowest BCUT2D eigenvalue weighted by Gasteiger charge is -2.30. The monoisotopic (exact) mass is 859 g/mol. The molecular weight excluding hydrogens is 809 g/mol. The van der Waals surface area contributed by atoms with Crippen LogP contribution >= 0.6 is 0 Å². The summed E-state index contributed by atoms with van der Waals surface area (Å²) in [5.41, 5.74) is 2.54. The molecular formula is C37H51N2O13S4+. The molecule has 2 aliphatic rings. The maximum Gasteiger partial charge on any atom is 0.301 e. The smallest absolute Gasteiger partial charge is 0.301 e. The number of allylic oxidation sites excluding steroid dienone is 6. The van der Waals surface area contributed by atoms with Gasteiger partial charge in [0.1, 0.15) is 6.54 Å². The van der Waals surface area contributed by atoms with Crippen LogP contribution in [0.15, 0.2) is 77.4 Å². The quantitative estimate of drug-likeness (QED) is 0.0805. The van der Waals surface area contributed by atoms with Crippen molar-refractivity contribution in [1.82, 2.24) is 0 Å². The third kappa shape index (κ3) is 11.4. The van der Waals surface area contributed by atoms with Crippen molar-refractivity contribution in [2.75, 3.05) is 35.2 Å². The summed E-state index contributed by atoms with van der Waals surface area (Å²) in [5, 5.41) is 0. The van der Waals surface area contributed by atoms with Gasteiger partial charge in [-0.25, -0.2) is 0 Å². The van der Waals surface area contributed by atoms with Gasteiger partial charge in [-0.1, -0.05) is 36.4 Å². The number of hydrogen-bond donors (Lipinski definition) is 4. The standard InChI is InChI=1S/C37H50N2O13S4/c1-27(2)52-26-28-24-30-35(32(25-28)56(49,50)51)39(20-13-23-55(46,47)48)33(36(30,3)4)16-7-6-8-17-34-37(5,18-11-21-53(40,41)42)29-14-9-10-15-31(29)38(34)19-12-22-54(43,44)45/h6-10,14-17,24-25,27H,11-13,18-23,26H2,1-5H3,(H3-,40,41,42,43,44,45,46,47,48,49,50,51)/p+1. The van der Waals surface area contributed by atoms with Crippen LogP contribution in [0.25, 0.3) is 0 Å². The molecule has 0 aliphatic carbocycles. The van der Waals surface area contributed by atoms with E-state index in [1.54, 1.807) is 34.9 Å². The molecule has 2 aromatic rings. The van der Waals surface area contributed by atoms with Gasteiger partial charge >= 0.3 is 10.1 Å². The van der Waals surface area contributed by atoms with Crippen LogP contribution in [0.5, 0.6) is 0 Å². The van der Waals surface area contributed by atoms with Gasteiger partial charge in [0, 0.05) is 41.4 Å². The number of ether oxygens (including phenoxy) is 1. The zero-order chi connectivity index (χ0) is 41.9. The van der Waals surface area contributed by atoms with E-state index in [0.29, 0.717) is 23.3 Å². The van der Waals surface area contributed by atoms with Crippen molar-refractivity contribution in [3.8, 4) is 0 Å². The highest BCUT2D eigenvalue weighted by Crippen LogP contribution is 2.50. The van der Waals surface area contributed by atoms with Gasteiger partial charge in [0.2, 0.25) is 5.69 Å². The van der Waals surface area contributed by atoms with Gasteiger partial charge in [0.15, 0.2) is 10.6 Å². The molecule has 0 bridgehead atoms. The fraction of sp³-hybridized carbons (Fsp3) is 0.486. The zero-order valence-corrected chi connectivity index (χ0v) is 35.3. The van der Waals surface area contributed by atoms with E-state index in [0.717, 1.165) is 16.9 Å². The minimum atomic E-state index is -4.78. The van der Waals surface area contributed by atoms with E-state index in [2.05, 4.69) is 0 Å². The molecule has 0 saturated carbocycles. The van der Waals surface area contributed by atoms with Crippen molar-refractivity contribution in [1.29, 1.82) is 0 Å². The first-order valence-corrected chi connectivity index (χ1v) is 24.2. The van der Waals surface area contributed by atoms with Crippen LogP contribution in [0.4, 0.5) is 11.4 Å². The fourth-order valence-electron chi connectivity index (χ4n) is 7.38. The number of rotatable bonds is 19. The van der Waals surface area contributed by atoms with E-state index < -0.39 is 68.6 Å². The van der Waals surface area contributed by atoms with Gasteiger partial charge in [-0.2, -0.15) is 38.2 Å². The molecule has 4 rings (SSSR count). The van der Waals surface area contributed by atoms with Gasteiger partial charge in [-0.15, -0.1) is 0 Å². The lowest BCUT2D eigenvalue weighted by Crippen LogP contribution is -2.30. The summed E-state index contributed by atoms with van der Waals surface area (Å²) in [5.74, 6) is -1.51. The first-order chi connectivity index (χ1) is 25.7. The maximum atomic E-state index is 12.8. The Labute approximate surface area is 330 Å². The van der Waals surface area contributed by atoms with Crippen molar-refractivity contribution >= 4 is 57.6 Å². The number of anilines is 1. The Bertz CT molecular complexity index is 2380. The lowest BCUT2D eigenvalue weighted by atomic mass is 9.77. The molecule has 2 aliphatic heterocycles. The molecule has 1 atom stereocenters. The van der Waals surface area contributed by atoms with E-state index in [-0.39, 0.29) is 55.6 Å². The van der Waals surface area contributed by atoms with Gasteiger partial charge < -0.3 is 9.64 Å². The second-order valence-electron chi connectivity index (χ2n) is 15.0. The number of nitrogens with zero attached hydrogens (tertiary/aromatic N) is 2. The van der Waals surface area contributed by atoms with Crippen molar-refractivity contribution < 1.29 is 61.2 Å². The largest absolute Gasteiger partial charge is 0.374 e. The van der Waals surface area contributed by atoms with Crippen LogP contribution in [-0.4, -0.2) is 98.6 Å². The van der Waals surface area contributed by atoms with Gasteiger partial charge in [0.25, 0.3) is 30.4 Å². The predicted molar refractivity (Wildman–Crippen MR) is 214 cm³/mol. The first-order valence-electron chi connectivity index (χ1n) is 17.9. The van der Waals surface area contributed by atoms with E-state index in [9.17, 15) is 51.9 Å². The van der Waals surface area contributed by atoms with E-state index in [1.807, 2.05) is 69.9 Å². The highest BCUT2D eigenvalue weighted by atomic mass is 32.2. The Morgan fingerprint density at radius 1 is 0.786 bits per heavy atom. The summed E-state index contributed by atoms with van der Waals surface area (Å²) in [6.45, 7) is 9.57. The predicted octanol–water partition coefficient (Wildman–Crippen LogP) is 5.23. The minimum absolute atomic E-state index is 0.0211. The molecule has 19 heteroatoms. The summed E-state index contributed by atoms with van der Waals surface area (Å²) in [6.07, 6.45) is 8.99. The molecule has 15 nitrogen and oxygen atoms in total. The summed E-state index contributed by atoms with van der Waals surface area (Å²) in [4.78, 5) is 1.55. The van der Waals surface area contributed by atoms with Crippen LogP contribution in [-0.2, 0) is 62.6 Å². The van der Waals surface area contributed by atoms with Crippen molar-refractivity contribution in [3.63, 3.8) is 0 Å². The Hall–Kier alpha value is -3.27. The highest BCUT2D eigenvalue weighted by Gasteiger charge is 2.48. The lowest BCUT2D eigenvalue weighted by molar-refractivity contribution is -0.440.